The molecule has 0 bridgehead atoms. The van der Waals surface area contributed by atoms with E-state index in [0.717, 1.165) is 21.5 Å². The molecule has 25 heavy (non-hydrogen) atoms. The van der Waals surface area contributed by atoms with Gasteiger partial charge in [0.2, 0.25) is 0 Å². The zero-order valence-electron chi connectivity index (χ0n) is 14.3. The smallest absolute Gasteiger partial charge is 0.264 e. The summed E-state index contributed by atoms with van der Waals surface area (Å²) in [5.41, 5.74) is 1.93. The molecule has 1 amide bonds. The van der Waals surface area contributed by atoms with E-state index in [-0.39, 0.29) is 5.91 Å². The first-order valence-corrected chi connectivity index (χ1v) is 8.85. The molecule has 3 rings (SSSR count). The molecule has 0 aliphatic rings. The van der Waals surface area contributed by atoms with Crippen LogP contribution in [0.4, 0.5) is 0 Å². The number of carbonyl (C=O) groups is 1. The maximum atomic E-state index is 12.8. The fourth-order valence-electron chi connectivity index (χ4n) is 2.65. The molecule has 0 aliphatic heterocycles. The summed E-state index contributed by atoms with van der Waals surface area (Å²) in [6.45, 7) is 2.09. The zero-order valence-corrected chi connectivity index (χ0v) is 15.1. The van der Waals surface area contributed by atoms with E-state index in [1.807, 2.05) is 30.5 Å². The minimum absolute atomic E-state index is 0.00437. The lowest BCUT2D eigenvalue weighted by atomic mass is 10.1. The highest BCUT2D eigenvalue weighted by atomic mass is 32.1. The van der Waals surface area contributed by atoms with E-state index >= 15 is 0 Å². The van der Waals surface area contributed by atoms with Crippen molar-refractivity contribution in [3.63, 3.8) is 0 Å². The second kappa shape index (κ2) is 8.24. The lowest BCUT2D eigenvalue weighted by molar-refractivity contribution is 0.0632. The molecule has 0 saturated carbocycles. The van der Waals surface area contributed by atoms with Crippen molar-refractivity contribution >= 4 is 28.3 Å². The van der Waals surface area contributed by atoms with Crippen LogP contribution < -0.4 is 0 Å². The number of nitrogens with one attached hydrogen (secondary N) is 1. The number of hydrogen-bond donors (Lipinski definition) is 1. The third-order valence-electron chi connectivity index (χ3n) is 3.96. The van der Waals surface area contributed by atoms with Gasteiger partial charge in [-0.25, -0.2) is 4.98 Å². The highest BCUT2D eigenvalue weighted by molar-refractivity contribution is 7.17. The monoisotopic (exact) mass is 359 g/mol. The van der Waals surface area contributed by atoms with Gasteiger partial charge >= 0.3 is 0 Å². The maximum absolute atomic E-state index is 12.8. The van der Waals surface area contributed by atoms with Gasteiger partial charge in [0.05, 0.1) is 18.1 Å². The summed E-state index contributed by atoms with van der Waals surface area (Å²) >= 11 is 1.49. The number of nitrogens with zero attached hydrogens (tertiary/aromatic N) is 2. The molecular weight excluding hydrogens is 338 g/mol. The van der Waals surface area contributed by atoms with E-state index in [0.29, 0.717) is 31.2 Å². The Morgan fingerprint density at radius 2 is 1.92 bits per heavy atom. The van der Waals surface area contributed by atoms with E-state index in [4.69, 9.17) is 9.47 Å². The SMILES string of the molecule is COCCN(CCOC)C(=O)c1ccc(-c2ccnc3[nH]ccc23)s1. The van der Waals surface area contributed by atoms with Gasteiger partial charge in [-0.1, -0.05) is 0 Å². The van der Waals surface area contributed by atoms with Crippen molar-refractivity contribution in [3.05, 3.63) is 41.5 Å². The number of aromatic nitrogens is 2. The molecule has 0 radical (unpaired) electrons. The van der Waals surface area contributed by atoms with Crippen LogP contribution in [0.3, 0.4) is 0 Å². The first-order chi connectivity index (χ1) is 12.2. The number of carbonyl (C=O) groups excluding carboxylic acids is 1. The standard InChI is InChI=1S/C18H21N3O3S/c1-23-11-9-21(10-12-24-2)18(22)16-4-3-15(25-16)13-5-7-19-17-14(13)6-8-20-17/h3-8H,9-12H2,1-2H3,(H,19,20). The second-order valence-corrected chi connectivity index (χ2v) is 6.62. The molecule has 0 aromatic carbocycles. The average molecular weight is 359 g/mol. The molecule has 1 N–H and O–H groups in total. The summed E-state index contributed by atoms with van der Waals surface area (Å²) in [5.74, 6) is 0.00437. The zero-order chi connectivity index (χ0) is 17.6. The fourth-order valence-corrected chi connectivity index (χ4v) is 3.66. The van der Waals surface area contributed by atoms with Crippen LogP contribution in [0.5, 0.6) is 0 Å². The molecule has 3 heterocycles. The Morgan fingerprint density at radius 3 is 2.64 bits per heavy atom. The molecule has 0 spiro atoms. The van der Waals surface area contributed by atoms with Crippen LogP contribution in [-0.2, 0) is 9.47 Å². The Kier molecular flexibility index (Phi) is 5.80. The van der Waals surface area contributed by atoms with Gasteiger partial charge in [0, 0.05) is 55.5 Å². The molecular formula is C18H21N3O3S. The number of hydrogen-bond acceptors (Lipinski definition) is 5. The third kappa shape index (κ3) is 3.89. The fraction of sp³-hybridized carbons (Fsp3) is 0.333. The minimum atomic E-state index is 0.00437. The Hall–Kier alpha value is -2.22. The number of pyridine rings is 1. The lowest BCUT2D eigenvalue weighted by Gasteiger charge is -2.21. The molecule has 0 unspecified atom stereocenters. The van der Waals surface area contributed by atoms with Gasteiger partial charge in [-0.05, 0) is 24.3 Å². The highest BCUT2D eigenvalue weighted by Crippen LogP contribution is 2.33. The summed E-state index contributed by atoms with van der Waals surface area (Å²) in [5, 5.41) is 1.05. The molecule has 6 nitrogen and oxygen atoms in total. The molecule has 0 atom stereocenters. The topological polar surface area (TPSA) is 67.5 Å². The summed E-state index contributed by atoms with van der Waals surface area (Å²) in [6, 6.07) is 7.85. The first kappa shape index (κ1) is 17.6. The largest absolute Gasteiger partial charge is 0.383 e. The molecule has 3 aromatic rings. The van der Waals surface area contributed by atoms with Gasteiger partial charge in [0.15, 0.2) is 0 Å². The van der Waals surface area contributed by atoms with Crippen molar-refractivity contribution in [2.45, 2.75) is 0 Å². The van der Waals surface area contributed by atoms with E-state index in [1.54, 1.807) is 25.3 Å². The Bertz CT molecular complexity index is 835. The number of aromatic amines is 1. The predicted octanol–water partition coefficient (Wildman–Crippen LogP) is 3.03. The number of ether oxygens (including phenoxy) is 2. The summed E-state index contributed by atoms with van der Waals surface area (Å²) < 4.78 is 10.2. The third-order valence-corrected chi connectivity index (χ3v) is 5.07. The van der Waals surface area contributed by atoms with Gasteiger partial charge < -0.3 is 19.4 Å². The number of rotatable bonds is 8. The van der Waals surface area contributed by atoms with Gasteiger partial charge in [-0.2, -0.15) is 0 Å². The molecule has 0 fully saturated rings. The van der Waals surface area contributed by atoms with Crippen molar-refractivity contribution in [2.75, 3.05) is 40.5 Å². The normalized spacial score (nSPS) is 11.1. The van der Waals surface area contributed by atoms with Crippen LogP contribution in [0.2, 0.25) is 0 Å². The molecule has 7 heteroatoms. The van der Waals surface area contributed by atoms with Crippen molar-refractivity contribution in [2.24, 2.45) is 0 Å². The van der Waals surface area contributed by atoms with E-state index < -0.39 is 0 Å². The molecule has 0 aliphatic carbocycles. The molecule has 0 saturated heterocycles. The molecule has 3 aromatic heterocycles. The second-order valence-electron chi connectivity index (χ2n) is 5.54. The van der Waals surface area contributed by atoms with Crippen LogP contribution in [-0.4, -0.2) is 61.3 Å². The highest BCUT2D eigenvalue weighted by Gasteiger charge is 2.18. The summed E-state index contributed by atoms with van der Waals surface area (Å²) in [4.78, 5) is 23.8. The lowest BCUT2D eigenvalue weighted by Crippen LogP contribution is -2.36. The number of methoxy groups -OCH3 is 2. The van der Waals surface area contributed by atoms with E-state index in [9.17, 15) is 4.79 Å². The van der Waals surface area contributed by atoms with E-state index in [1.165, 1.54) is 11.3 Å². The average Bonchev–Trinajstić information content (AvgIpc) is 3.30. The Labute approximate surface area is 150 Å². The van der Waals surface area contributed by atoms with Crippen LogP contribution in [0.1, 0.15) is 9.67 Å². The van der Waals surface area contributed by atoms with Crippen molar-refractivity contribution < 1.29 is 14.3 Å². The number of thiophene rings is 1. The van der Waals surface area contributed by atoms with Crippen molar-refractivity contribution in [3.8, 4) is 10.4 Å². The quantitative estimate of drug-likeness (QED) is 0.671. The maximum Gasteiger partial charge on any atom is 0.264 e. The van der Waals surface area contributed by atoms with Gasteiger partial charge in [-0.15, -0.1) is 11.3 Å². The Balaban J connectivity index is 1.84. The molecule has 132 valence electrons. The van der Waals surface area contributed by atoms with Crippen molar-refractivity contribution in [1.29, 1.82) is 0 Å². The van der Waals surface area contributed by atoms with Gasteiger partial charge in [-0.3, -0.25) is 4.79 Å². The van der Waals surface area contributed by atoms with Gasteiger partial charge in [0.1, 0.15) is 5.65 Å². The van der Waals surface area contributed by atoms with Crippen molar-refractivity contribution in [1.82, 2.24) is 14.9 Å². The summed E-state index contributed by atoms with van der Waals surface area (Å²) in [6.07, 6.45) is 3.65. The van der Waals surface area contributed by atoms with Crippen LogP contribution >= 0.6 is 11.3 Å². The van der Waals surface area contributed by atoms with Crippen LogP contribution in [0, 0.1) is 0 Å². The predicted molar refractivity (Wildman–Crippen MR) is 99.1 cm³/mol. The van der Waals surface area contributed by atoms with Crippen LogP contribution in [0.15, 0.2) is 36.7 Å². The summed E-state index contributed by atoms with van der Waals surface area (Å²) in [7, 11) is 3.27. The number of H-pyrrole nitrogens is 1. The Morgan fingerprint density at radius 1 is 1.16 bits per heavy atom. The van der Waals surface area contributed by atoms with Crippen LogP contribution in [0.25, 0.3) is 21.5 Å². The number of amides is 1. The van der Waals surface area contributed by atoms with E-state index in [2.05, 4.69) is 9.97 Å². The first-order valence-electron chi connectivity index (χ1n) is 8.04. The number of fused-ring (bicyclic) bond motifs is 1. The minimum Gasteiger partial charge on any atom is -0.383 e. The van der Waals surface area contributed by atoms with Gasteiger partial charge in [0.25, 0.3) is 5.91 Å².